The van der Waals surface area contributed by atoms with E-state index in [-0.39, 0.29) is 23.5 Å². The van der Waals surface area contributed by atoms with Crippen LogP contribution < -0.4 is 4.90 Å². The molecule has 1 aromatic carbocycles. The highest BCUT2D eigenvalue weighted by Gasteiger charge is 2.31. The Labute approximate surface area is 115 Å². The van der Waals surface area contributed by atoms with Crippen molar-refractivity contribution in [3.63, 3.8) is 0 Å². The zero-order valence-corrected chi connectivity index (χ0v) is 11.3. The van der Waals surface area contributed by atoms with Gasteiger partial charge in [-0.2, -0.15) is 0 Å². The van der Waals surface area contributed by atoms with Crippen LogP contribution in [0.1, 0.15) is 24.2 Å². The van der Waals surface area contributed by atoms with Crippen LogP contribution in [-0.2, 0) is 4.74 Å². The number of nitro groups is 1. The van der Waals surface area contributed by atoms with Gasteiger partial charge in [-0.05, 0) is 26.0 Å². The first-order valence-corrected chi connectivity index (χ1v) is 6.31. The van der Waals surface area contributed by atoms with Crippen molar-refractivity contribution in [2.45, 2.75) is 26.1 Å². The fourth-order valence-corrected chi connectivity index (χ4v) is 2.53. The SMILES string of the molecule is CC1CN(c2cccc(C(=O)O)c2[N+](=O)[O-])CC(C)O1. The Morgan fingerprint density at radius 3 is 2.50 bits per heavy atom. The van der Waals surface area contributed by atoms with Crippen molar-refractivity contribution in [1.82, 2.24) is 0 Å². The van der Waals surface area contributed by atoms with Gasteiger partial charge in [0.2, 0.25) is 0 Å². The lowest BCUT2D eigenvalue weighted by molar-refractivity contribution is -0.384. The molecule has 1 aliphatic heterocycles. The lowest BCUT2D eigenvalue weighted by Crippen LogP contribution is -2.45. The summed E-state index contributed by atoms with van der Waals surface area (Å²) in [6.07, 6.45) is -0.126. The first-order valence-electron chi connectivity index (χ1n) is 6.31. The van der Waals surface area contributed by atoms with Crippen LogP contribution in [0, 0.1) is 10.1 Å². The van der Waals surface area contributed by atoms with Crippen molar-refractivity contribution >= 4 is 17.3 Å². The number of anilines is 1. The molecule has 0 radical (unpaired) electrons. The molecule has 20 heavy (non-hydrogen) atoms. The second kappa shape index (κ2) is 5.46. The van der Waals surface area contributed by atoms with Gasteiger partial charge in [-0.25, -0.2) is 4.79 Å². The lowest BCUT2D eigenvalue weighted by Gasteiger charge is -2.36. The number of carboxylic acids is 1. The van der Waals surface area contributed by atoms with Gasteiger partial charge in [-0.15, -0.1) is 0 Å². The van der Waals surface area contributed by atoms with Gasteiger partial charge in [0, 0.05) is 13.1 Å². The standard InChI is InChI=1S/C13H16N2O5/c1-8-6-14(7-9(2)20-8)11-5-3-4-10(13(16)17)12(11)15(18)19/h3-5,8-9H,6-7H2,1-2H3,(H,16,17). The van der Waals surface area contributed by atoms with Crippen LogP contribution in [0.4, 0.5) is 11.4 Å². The third-order valence-corrected chi connectivity index (χ3v) is 3.19. The molecule has 7 nitrogen and oxygen atoms in total. The number of carbonyl (C=O) groups is 1. The van der Waals surface area contributed by atoms with Crippen molar-refractivity contribution in [3.8, 4) is 0 Å². The van der Waals surface area contributed by atoms with Gasteiger partial charge < -0.3 is 14.7 Å². The third-order valence-electron chi connectivity index (χ3n) is 3.19. The molecule has 1 heterocycles. The Kier molecular flexibility index (Phi) is 3.89. The van der Waals surface area contributed by atoms with Gasteiger partial charge in [-0.3, -0.25) is 10.1 Å². The van der Waals surface area contributed by atoms with E-state index in [1.807, 2.05) is 18.7 Å². The minimum atomic E-state index is -1.30. The predicted octanol–water partition coefficient (Wildman–Crippen LogP) is 1.91. The molecule has 1 fully saturated rings. The Balaban J connectivity index is 2.48. The molecule has 2 atom stereocenters. The molecule has 2 rings (SSSR count). The van der Waals surface area contributed by atoms with E-state index in [0.717, 1.165) is 0 Å². The summed E-state index contributed by atoms with van der Waals surface area (Å²) in [6.45, 7) is 4.76. The normalized spacial score (nSPS) is 22.6. The molecule has 0 spiro atoms. The quantitative estimate of drug-likeness (QED) is 0.671. The zero-order chi connectivity index (χ0) is 14.9. The maximum Gasteiger partial charge on any atom is 0.342 e. The molecule has 0 aromatic heterocycles. The van der Waals surface area contributed by atoms with E-state index in [2.05, 4.69) is 0 Å². The highest BCUT2D eigenvalue weighted by atomic mass is 16.6. The molecule has 1 saturated heterocycles. The molecule has 0 saturated carbocycles. The average molecular weight is 280 g/mol. The largest absolute Gasteiger partial charge is 0.477 e. The van der Waals surface area contributed by atoms with Gasteiger partial charge in [0.05, 0.1) is 17.1 Å². The van der Waals surface area contributed by atoms with E-state index >= 15 is 0 Å². The van der Waals surface area contributed by atoms with Crippen LogP contribution >= 0.6 is 0 Å². The Morgan fingerprint density at radius 2 is 2.00 bits per heavy atom. The van der Waals surface area contributed by atoms with Gasteiger partial charge in [0.25, 0.3) is 0 Å². The van der Waals surface area contributed by atoms with Crippen molar-refractivity contribution < 1.29 is 19.6 Å². The molecule has 1 N–H and O–H groups in total. The summed E-state index contributed by atoms with van der Waals surface area (Å²) >= 11 is 0. The molecule has 2 unspecified atom stereocenters. The highest BCUT2D eigenvalue weighted by Crippen LogP contribution is 2.33. The van der Waals surface area contributed by atoms with E-state index in [1.165, 1.54) is 12.1 Å². The smallest absolute Gasteiger partial charge is 0.342 e. The zero-order valence-electron chi connectivity index (χ0n) is 11.3. The van der Waals surface area contributed by atoms with Crippen LogP contribution in [0.2, 0.25) is 0 Å². The predicted molar refractivity (Wildman–Crippen MR) is 72.3 cm³/mol. The molecular weight excluding hydrogens is 264 g/mol. The van der Waals surface area contributed by atoms with E-state index in [0.29, 0.717) is 18.8 Å². The number of nitrogens with zero attached hydrogens (tertiary/aromatic N) is 2. The van der Waals surface area contributed by atoms with E-state index in [4.69, 9.17) is 9.84 Å². The Bertz CT molecular complexity index is 536. The molecule has 0 amide bonds. The molecule has 1 aromatic rings. The first-order chi connectivity index (χ1) is 9.40. The van der Waals surface area contributed by atoms with Crippen molar-refractivity contribution in [2.75, 3.05) is 18.0 Å². The second-order valence-electron chi connectivity index (χ2n) is 4.90. The maximum atomic E-state index is 11.2. The van der Waals surface area contributed by atoms with E-state index in [9.17, 15) is 14.9 Å². The number of carboxylic acid groups (broad SMARTS) is 1. The Hall–Kier alpha value is -2.15. The van der Waals surface area contributed by atoms with E-state index < -0.39 is 10.9 Å². The summed E-state index contributed by atoms with van der Waals surface area (Å²) in [7, 11) is 0. The van der Waals surface area contributed by atoms with Crippen molar-refractivity contribution in [2.24, 2.45) is 0 Å². The summed E-state index contributed by atoms with van der Waals surface area (Å²) in [5.74, 6) is -1.30. The minimum Gasteiger partial charge on any atom is -0.477 e. The molecular formula is C13H16N2O5. The number of hydrogen-bond donors (Lipinski definition) is 1. The number of hydrogen-bond acceptors (Lipinski definition) is 5. The summed E-state index contributed by atoms with van der Waals surface area (Å²) in [5, 5.41) is 20.3. The van der Waals surface area contributed by atoms with Gasteiger partial charge in [0.15, 0.2) is 0 Å². The van der Waals surface area contributed by atoms with Crippen LogP contribution in [0.15, 0.2) is 18.2 Å². The lowest BCUT2D eigenvalue weighted by atomic mass is 10.1. The molecule has 7 heteroatoms. The number of benzene rings is 1. The third kappa shape index (κ3) is 2.72. The van der Waals surface area contributed by atoms with Gasteiger partial charge in [0.1, 0.15) is 11.3 Å². The van der Waals surface area contributed by atoms with Crippen LogP contribution in [-0.4, -0.2) is 41.3 Å². The highest BCUT2D eigenvalue weighted by molar-refractivity contribution is 5.95. The first kappa shape index (κ1) is 14.3. The molecule has 1 aliphatic rings. The summed E-state index contributed by atoms with van der Waals surface area (Å²) in [6, 6.07) is 4.35. The molecule has 108 valence electrons. The minimum absolute atomic E-state index is 0.0631. The maximum absolute atomic E-state index is 11.2. The Morgan fingerprint density at radius 1 is 1.40 bits per heavy atom. The van der Waals surface area contributed by atoms with E-state index in [1.54, 1.807) is 6.07 Å². The monoisotopic (exact) mass is 280 g/mol. The number of nitro benzene ring substituents is 1. The van der Waals surface area contributed by atoms with Crippen LogP contribution in [0.3, 0.4) is 0 Å². The number of aromatic carboxylic acids is 1. The van der Waals surface area contributed by atoms with Gasteiger partial charge >= 0.3 is 11.7 Å². The topological polar surface area (TPSA) is 92.9 Å². The van der Waals surface area contributed by atoms with Crippen LogP contribution in [0.5, 0.6) is 0 Å². The van der Waals surface area contributed by atoms with Crippen molar-refractivity contribution in [3.05, 3.63) is 33.9 Å². The summed E-state index contributed by atoms with van der Waals surface area (Å²) in [5.41, 5.74) is -0.322. The van der Waals surface area contributed by atoms with Crippen LogP contribution in [0.25, 0.3) is 0 Å². The molecule has 0 bridgehead atoms. The summed E-state index contributed by atoms with van der Waals surface area (Å²) in [4.78, 5) is 23.6. The average Bonchev–Trinajstić information content (AvgIpc) is 2.36. The number of morpholine rings is 1. The fraction of sp³-hybridized carbons (Fsp3) is 0.462. The number of para-hydroxylation sites is 1. The molecule has 0 aliphatic carbocycles. The second-order valence-corrected chi connectivity index (χ2v) is 4.90. The summed E-state index contributed by atoms with van der Waals surface area (Å²) < 4.78 is 5.59. The van der Waals surface area contributed by atoms with Crippen molar-refractivity contribution in [1.29, 1.82) is 0 Å². The van der Waals surface area contributed by atoms with Gasteiger partial charge in [-0.1, -0.05) is 6.07 Å². The number of rotatable bonds is 3. The fourth-order valence-electron chi connectivity index (χ4n) is 2.53. The number of ether oxygens (including phenoxy) is 1.